The number of benzene rings is 2. The highest BCUT2D eigenvalue weighted by molar-refractivity contribution is 7.98. The van der Waals surface area contributed by atoms with Gasteiger partial charge < -0.3 is 4.74 Å². The van der Waals surface area contributed by atoms with Gasteiger partial charge >= 0.3 is 0 Å². The smallest absolute Gasteiger partial charge is 0.196 e. The lowest BCUT2D eigenvalue weighted by atomic mass is 10.1. The van der Waals surface area contributed by atoms with E-state index < -0.39 is 0 Å². The standard InChI is InChI=1S/C22H20N4OS/c1-16-8-9-20(27-2)18(14-16)15-28-22-25-24-21(17-10-12-23-13-11-17)26(22)19-6-4-3-5-7-19/h3-14H,15H2,1-2H3. The van der Waals surface area contributed by atoms with E-state index in [4.69, 9.17) is 4.74 Å². The first kappa shape index (κ1) is 18.3. The molecular formula is C22H20N4OS. The fourth-order valence-corrected chi connectivity index (χ4v) is 3.95. The molecule has 2 aromatic heterocycles. The van der Waals surface area contributed by atoms with Crippen LogP contribution in [0.2, 0.25) is 0 Å². The van der Waals surface area contributed by atoms with Crippen LogP contribution < -0.4 is 4.74 Å². The van der Waals surface area contributed by atoms with Crippen LogP contribution in [0.4, 0.5) is 0 Å². The van der Waals surface area contributed by atoms with Crippen LogP contribution >= 0.6 is 11.8 Å². The van der Waals surface area contributed by atoms with Crippen LogP contribution in [0.1, 0.15) is 11.1 Å². The maximum Gasteiger partial charge on any atom is 0.196 e. The zero-order chi connectivity index (χ0) is 19.3. The molecule has 0 aliphatic rings. The molecule has 0 unspecified atom stereocenters. The zero-order valence-electron chi connectivity index (χ0n) is 15.7. The van der Waals surface area contributed by atoms with Gasteiger partial charge in [0.25, 0.3) is 0 Å². The second-order valence-corrected chi connectivity index (χ2v) is 7.26. The van der Waals surface area contributed by atoms with E-state index in [-0.39, 0.29) is 0 Å². The number of hydrogen-bond acceptors (Lipinski definition) is 5. The van der Waals surface area contributed by atoms with E-state index in [0.29, 0.717) is 0 Å². The minimum atomic E-state index is 0.742. The van der Waals surface area contributed by atoms with Gasteiger partial charge in [0.1, 0.15) is 5.75 Å². The minimum absolute atomic E-state index is 0.742. The molecule has 4 aromatic rings. The summed E-state index contributed by atoms with van der Waals surface area (Å²) in [5.41, 5.74) is 4.35. The predicted molar refractivity (Wildman–Crippen MR) is 112 cm³/mol. The van der Waals surface area contributed by atoms with Gasteiger partial charge in [0.2, 0.25) is 0 Å². The second kappa shape index (κ2) is 8.27. The van der Waals surface area contributed by atoms with E-state index in [1.807, 2.05) is 36.4 Å². The van der Waals surface area contributed by atoms with Gasteiger partial charge in [0.15, 0.2) is 11.0 Å². The highest BCUT2D eigenvalue weighted by atomic mass is 32.2. The molecule has 0 bridgehead atoms. The van der Waals surface area contributed by atoms with E-state index in [9.17, 15) is 0 Å². The van der Waals surface area contributed by atoms with Crippen LogP contribution in [0.3, 0.4) is 0 Å². The lowest BCUT2D eigenvalue weighted by molar-refractivity contribution is 0.411. The first-order valence-corrected chi connectivity index (χ1v) is 9.92. The number of ether oxygens (including phenoxy) is 1. The fraction of sp³-hybridized carbons (Fsp3) is 0.136. The third kappa shape index (κ3) is 3.77. The average molecular weight is 388 g/mol. The van der Waals surface area contributed by atoms with Crippen molar-refractivity contribution < 1.29 is 4.74 Å². The molecule has 0 spiro atoms. The summed E-state index contributed by atoms with van der Waals surface area (Å²) in [6.07, 6.45) is 3.54. The number of pyridine rings is 1. The quantitative estimate of drug-likeness (QED) is 0.438. The minimum Gasteiger partial charge on any atom is -0.496 e. The van der Waals surface area contributed by atoms with Crippen LogP contribution in [0.5, 0.6) is 5.75 Å². The van der Waals surface area contributed by atoms with Crippen molar-refractivity contribution in [2.75, 3.05) is 7.11 Å². The molecule has 5 nitrogen and oxygen atoms in total. The Morgan fingerprint density at radius 3 is 2.50 bits per heavy atom. The number of para-hydroxylation sites is 1. The molecule has 2 aromatic carbocycles. The highest BCUT2D eigenvalue weighted by Crippen LogP contribution is 2.32. The summed E-state index contributed by atoms with van der Waals surface area (Å²) >= 11 is 1.64. The Bertz CT molecular complexity index is 1060. The molecule has 4 rings (SSSR count). The van der Waals surface area contributed by atoms with Crippen molar-refractivity contribution in [3.05, 3.63) is 84.2 Å². The van der Waals surface area contributed by atoms with E-state index in [2.05, 4.69) is 50.9 Å². The SMILES string of the molecule is COc1ccc(C)cc1CSc1nnc(-c2ccncc2)n1-c1ccccc1. The Kier molecular flexibility index (Phi) is 5.39. The molecule has 6 heteroatoms. The summed E-state index contributed by atoms with van der Waals surface area (Å²) in [7, 11) is 1.70. The van der Waals surface area contributed by atoms with Gasteiger partial charge in [-0.2, -0.15) is 0 Å². The normalized spacial score (nSPS) is 10.8. The van der Waals surface area contributed by atoms with E-state index in [1.54, 1.807) is 31.3 Å². The lowest BCUT2D eigenvalue weighted by Crippen LogP contribution is -2.00. The van der Waals surface area contributed by atoms with E-state index in [1.165, 1.54) is 5.56 Å². The molecule has 28 heavy (non-hydrogen) atoms. The lowest BCUT2D eigenvalue weighted by Gasteiger charge is -2.12. The Balaban J connectivity index is 1.72. The van der Waals surface area contributed by atoms with Crippen molar-refractivity contribution in [2.24, 2.45) is 0 Å². The molecule has 0 N–H and O–H groups in total. The monoisotopic (exact) mass is 388 g/mol. The molecule has 0 atom stereocenters. The molecular weight excluding hydrogens is 368 g/mol. The van der Waals surface area contributed by atoms with Crippen molar-refractivity contribution in [3.63, 3.8) is 0 Å². The molecule has 0 amide bonds. The number of rotatable bonds is 6. The van der Waals surface area contributed by atoms with E-state index >= 15 is 0 Å². The molecule has 0 radical (unpaired) electrons. The summed E-state index contributed by atoms with van der Waals surface area (Å²) in [6, 6.07) is 20.3. The summed E-state index contributed by atoms with van der Waals surface area (Å²) in [5.74, 6) is 2.43. The molecule has 0 saturated heterocycles. The van der Waals surface area contributed by atoms with Crippen molar-refractivity contribution in [1.82, 2.24) is 19.7 Å². The maximum absolute atomic E-state index is 5.52. The Morgan fingerprint density at radius 1 is 0.964 bits per heavy atom. The predicted octanol–water partition coefficient (Wildman–Crippen LogP) is 4.94. The van der Waals surface area contributed by atoms with Gasteiger partial charge in [-0.25, -0.2) is 0 Å². The van der Waals surface area contributed by atoms with Crippen LogP contribution in [0, 0.1) is 6.92 Å². The maximum atomic E-state index is 5.52. The van der Waals surface area contributed by atoms with Crippen LogP contribution in [-0.4, -0.2) is 26.9 Å². The molecule has 0 saturated carbocycles. The molecule has 0 aliphatic carbocycles. The number of thioether (sulfide) groups is 1. The molecule has 140 valence electrons. The largest absolute Gasteiger partial charge is 0.496 e. The van der Waals surface area contributed by atoms with Crippen LogP contribution in [-0.2, 0) is 5.75 Å². The Hall–Kier alpha value is -3.12. The summed E-state index contributed by atoms with van der Waals surface area (Å²) < 4.78 is 7.60. The van der Waals surface area contributed by atoms with Crippen molar-refractivity contribution in [1.29, 1.82) is 0 Å². The highest BCUT2D eigenvalue weighted by Gasteiger charge is 2.16. The number of methoxy groups -OCH3 is 1. The Labute approximate surface area is 168 Å². The van der Waals surface area contributed by atoms with Crippen molar-refractivity contribution >= 4 is 11.8 Å². The number of hydrogen-bond donors (Lipinski definition) is 0. The van der Waals surface area contributed by atoms with Gasteiger partial charge in [-0.1, -0.05) is 47.7 Å². The Morgan fingerprint density at radius 2 is 1.75 bits per heavy atom. The third-order valence-electron chi connectivity index (χ3n) is 4.38. The van der Waals surface area contributed by atoms with Crippen LogP contribution in [0.25, 0.3) is 17.1 Å². The molecule has 0 fully saturated rings. The van der Waals surface area contributed by atoms with Gasteiger partial charge in [0.05, 0.1) is 7.11 Å². The molecule has 2 heterocycles. The summed E-state index contributed by atoms with van der Waals surface area (Å²) in [4.78, 5) is 4.11. The first-order chi connectivity index (χ1) is 13.8. The number of aryl methyl sites for hydroxylation is 1. The van der Waals surface area contributed by atoms with Gasteiger partial charge in [-0.05, 0) is 37.3 Å². The van der Waals surface area contributed by atoms with Crippen LogP contribution in [0.15, 0.2) is 78.2 Å². The molecule has 0 aliphatic heterocycles. The van der Waals surface area contributed by atoms with Crippen molar-refractivity contribution in [3.8, 4) is 22.8 Å². The summed E-state index contributed by atoms with van der Waals surface area (Å²) in [5, 5.41) is 9.78. The number of nitrogens with zero attached hydrogens (tertiary/aromatic N) is 4. The number of aromatic nitrogens is 4. The third-order valence-corrected chi connectivity index (χ3v) is 5.36. The summed E-state index contributed by atoms with van der Waals surface area (Å²) in [6.45, 7) is 2.08. The first-order valence-electron chi connectivity index (χ1n) is 8.94. The van der Waals surface area contributed by atoms with Gasteiger partial charge in [-0.3, -0.25) is 9.55 Å². The fourth-order valence-electron chi connectivity index (χ4n) is 3.02. The second-order valence-electron chi connectivity index (χ2n) is 6.32. The van der Waals surface area contributed by atoms with E-state index in [0.717, 1.165) is 39.3 Å². The van der Waals surface area contributed by atoms with Gasteiger partial charge in [-0.15, -0.1) is 10.2 Å². The topological polar surface area (TPSA) is 52.8 Å². The zero-order valence-corrected chi connectivity index (χ0v) is 16.6. The average Bonchev–Trinajstić information content (AvgIpc) is 3.17. The van der Waals surface area contributed by atoms with Crippen molar-refractivity contribution in [2.45, 2.75) is 17.8 Å². The van der Waals surface area contributed by atoms with Gasteiger partial charge in [0, 0.05) is 35.0 Å².